The van der Waals surface area contributed by atoms with Crippen LogP contribution in [0, 0.1) is 0 Å². The zero-order chi connectivity index (χ0) is 11.6. The molecular weight excluding hydrogens is 240 g/mol. The van der Waals surface area contributed by atoms with Crippen LogP contribution >= 0.6 is 23.4 Å². The van der Waals surface area contributed by atoms with Crippen LogP contribution in [0.5, 0.6) is 0 Å². The molecule has 0 radical (unpaired) electrons. The number of pyridine rings is 1. The average Bonchev–Trinajstić information content (AvgIpc) is 2.30. The molecule has 1 aromatic heterocycles. The third-order valence-corrected chi connectivity index (χ3v) is 3.62. The maximum absolute atomic E-state index is 6.00. The lowest BCUT2D eigenvalue weighted by atomic mass is 10.2. The smallest absolute Gasteiger partial charge is 0.115 e. The van der Waals surface area contributed by atoms with Gasteiger partial charge < -0.3 is 5.32 Å². The zero-order valence-corrected chi connectivity index (χ0v) is 11.3. The normalized spacial score (nSPS) is 10.6. The second-order valence-corrected chi connectivity index (χ2v) is 5.09. The van der Waals surface area contributed by atoms with Crippen LogP contribution < -0.4 is 5.32 Å². The highest BCUT2D eigenvalue weighted by atomic mass is 35.5. The minimum absolute atomic E-state index is 0.749. The van der Waals surface area contributed by atoms with Crippen LogP contribution in [0.1, 0.15) is 26.2 Å². The predicted molar refractivity (Wildman–Crippen MR) is 72.4 cm³/mol. The van der Waals surface area contributed by atoms with Crippen LogP contribution in [0.4, 0.5) is 0 Å². The largest absolute Gasteiger partial charge is 0.316 e. The van der Waals surface area contributed by atoms with Crippen LogP contribution in [0.3, 0.4) is 0 Å². The Hall–Kier alpha value is -0.250. The molecule has 16 heavy (non-hydrogen) atoms. The molecule has 0 aliphatic rings. The van der Waals surface area contributed by atoms with Crippen molar-refractivity contribution in [2.24, 2.45) is 0 Å². The molecule has 0 aliphatic carbocycles. The number of rotatable bonds is 8. The molecule has 0 bridgehead atoms. The molecule has 0 spiro atoms. The van der Waals surface area contributed by atoms with Crippen molar-refractivity contribution in [3.05, 3.63) is 23.4 Å². The first kappa shape index (κ1) is 13.8. The molecule has 0 saturated heterocycles. The molecule has 1 heterocycles. The van der Waals surface area contributed by atoms with Gasteiger partial charge in [-0.05, 0) is 25.1 Å². The molecule has 0 aliphatic heterocycles. The van der Waals surface area contributed by atoms with Crippen molar-refractivity contribution in [1.29, 1.82) is 0 Å². The van der Waals surface area contributed by atoms with E-state index in [0.717, 1.165) is 28.9 Å². The van der Waals surface area contributed by atoms with Gasteiger partial charge in [-0.1, -0.05) is 31.4 Å². The lowest BCUT2D eigenvalue weighted by Crippen LogP contribution is -2.18. The van der Waals surface area contributed by atoms with Crippen LogP contribution in [-0.2, 0) is 0 Å². The highest BCUT2D eigenvalue weighted by molar-refractivity contribution is 7.99. The maximum atomic E-state index is 6.00. The van der Waals surface area contributed by atoms with Gasteiger partial charge in [0, 0.05) is 18.5 Å². The topological polar surface area (TPSA) is 24.9 Å². The summed E-state index contributed by atoms with van der Waals surface area (Å²) < 4.78 is 0. The first-order valence-electron chi connectivity index (χ1n) is 5.78. The number of nitrogens with one attached hydrogen (secondary N) is 1. The van der Waals surface area contributed by atoms with E-state index in [1.807, 2.05) is 12.1 Å². The van der Waals surface area contributed by atoms with Gasteiger partial charge >= 0.3 is 0 Å². The summed E-state index contributed by atoms with van der Waals surface area (Å²) in [6, 6.07) is 3.74. The third kappa shape index (κ3) is 5.73. The van der Waals surface area contributed by atoms with E-state index in [2.05, 4.69) is 17.2 Å². The molecule has 2 nitrogen and oxygen atoms in total. The summed E-state index contributed by atoms with van der Waals surface area (Å²) in [6.45, 7) is 4.35. The van der Waals surface area contributed by atoms with Crippen molar-refractivity contribution >= 4 is 23.4 Å². The molecule has 0 saturated carbocycles. The van der Waals surface area contributed by atoms with E-state index in [9.17, 15) is 0 Å². The lowest BCUT2D eigenvalue weighted by molar-refractivity contribution is 0.636. The molecule has 0 fully saturated rings. The van der Waals surface area contributed by atoms with Gasteiger partial charge in [-0.2, -0.15) is 0 Å². The Kier molecular flexibility index (Phi) is 7.64. The Morgan fingerprint density at radius 3 is 3.00 bits per heavy atom. The Bertz CT molecular complexity index is 294. The SMILES string of the molecule is CCCCCNCCSc1ncccc1Cl. The van der Waals surface area contributed by atoms with Gasteiger partial charge in [-0.3, -0.25) is 0 Å². The quantitative estimate of drug-likeness (QED) is 0.570. The summed E-state index contributed by atoms with van der Waals surface area (Å²) in [7, 11) is 0. The Morgan fingerprint density at radius 1 is 1.38 bits per heavy atom. The summed E-state index contributed by atoms with van der Waals surface area (Å²) in [4.78, 5) is 4.23. The number of halogens is 1. The number of unbranched alkanes of at least 4 members (excludes halogenated alkanes) is 2. The van der Waals surface area contributed by atoms with E-state index in [1.165, 1.54) is 19.3 Å². The highest BCUT2D eigenvalue weighted by Crippen LogP contribution is 2.23. The fourth-order valence-electron chi connectivity index (χ4n) is 1.32. The second kappa shape index (κ2) is 8.85. The van der Waals surface area contributed by atoms with E-state index in [1.54, 1.807) is 18.0 Å². The zero-order valence-electron chi connectivity index (χ0n) is 9.71. The van der Waals surface area contributed by atoms with Crippen LogP contribution in [0.25, 0.3) is 0 Å². The van der Waals surface area contributed by atoms with Crippen LogP contribution in [0.2, 0.25) is 5.02 Å². The molecule has 4 heteroatoms. The van der Waals surface area contributed by atoms with E-state index < -0.39 is 0 Å². The van der Waals surface area contributed by atoms with Gasteiger partial charge in [0.2, 0.25) is 0 Å². The molecule has 0 amide bonds. The number of aromatic nitrogens is 1. The highest BCUT2D eigenvalue weighted by Gasteiger charge is 2.00. The molecular formula is C12H19ClN2S. The van der Waals surface area contributed by atoms with Crippen molar-refractivity contribution in [3.63, 3.8) is 0 Å². The van der Waals surface area contributed by atoms with E-state index in [4.69, 9.17) is 11.6 Å². The Balaban J connectivity index is 2.05. The summed E-state index contributed by atoms with van der Waals surface area (Å²) >= 11 is 7.71. The minimum atomic E-state index is 0.749. The van der Waals surface area contributed by atoms with Gasteiger partial charge in [0.1, 0.15) is 5.03 Å². The average molecular weight is 259 g/mol. The minimum Gasteiger partial charge on any atom is -0.316 e. The summed E-state index contributed by atoms with van der Waals surface area (Å²) in [5.74, 6) is 1.02. The summed E-state index contributed by atoms with van der Waals surface area (Å²) in [5, 5.41) is 5.10. The fourth-order valence-corrected chi connectivity index (χ4v) is 2.39. The Morgan fingerprint density at radius 2 is 2.25 bits per heavy atom. The first-order chi connectivity index (χ1) is 7.84. The van der Waals surface area contributed by atoms with Crippen molar-refractivity contribution in [1.82, 2.24) is 10.3 Å². The number of hydrogen-bond acceptors (Lipinski definition) is 3. The number of thioether (sulfide) groups is 1. The predicted octanol–water partition coefficient (Wildman–Crippen LogP) is 3.61. The Labute approximate surface area is 107 Å². The standard InChI is InChI=1S/C12H19ClN2S/c1-2-3-4-7-14-9-10-16-12-11(13)6-5-8-15-12/h5-6,8,14H,2-4,7,9-10H2,1H3. The van der Waals surface area contributed by atoms with Crippen LogP contribution in [0.15, 0.2) is 23.4 Å². The third-order valence-electron chi connectivity index (χ3n) is 2.20. The van der Waals surface area contributed by atoms with Gasteiger partial charge in [-0.15, -0.1) is 11.8 Å². The number of nitrogens with zero attached hydrogens (tertiary/aromatic N) is 1. The monoisotopic (exact) mass is 258 g/mol. The molecule has 1 N–H and O–H groups in total. The van der Waals surface area contributed by atoms with E-state index >= 15 is 0 Å². The molecule has 1 aromatic rings. The van der Waals surface area contributed by atoms with Gasteiger partial charge in [0.15, 0.2) is 0 Å². The fraction of sp³-hybridized carbons (Fsp3) is 0.583. The maximum Gasteiger partial charge on any atom is 0.115 e. The molecule has 90 valence electrons. The van der Waals surface area contributed by atoms with Crippen molar-refractivity contribution in [2.75, 3.05) is 18.8 Å². The van der Waals surface area contributed by atoms with Crippen molar-refractivity contribution < 1.29 is 0 Å². The second-order valence-electron chi connectivity index (χ2n) is 3.60. The van der Waals surface area contributed by atoms with Gasteiger partial charge in [-0.25, -0.2) is 4.98 Å². The number of hydrogen-bond donors (Lipinski definition) is 1. The molecule has 0 atom stereocenters. The van der Waals surface area contributed by atoms with Gasteiger partial charge in [0.25, 0.3) is 0 Å². The summed E-state index contributed by atoms with van der Waals surface area (Å²) in [6.07, 6.45) is 5.64. The van der Waals surface area contributed by atoms with Crippen LogP contribution in [-0.4, -0.2) is 23.8 Å². The first-order valence-corrected chi connectivity index (χ1v) is 7.15. The lowest BCUT2D eigenvalue weighted by Gasteiger charge is -2.04. The molecule has 1 rings (SSSR count). The van der Waals surface area contributed by atoms with E-state index in [0.29, 0.717) is 0 Å². The van der Waals surface area contributed by atoms with Gasteiger partial charge in [0.05, 0.1) is 5.02 Å². The summed E-state index contributed by atoms with van der Waals surface area (Å²) in [5.41, 5.74) is 0. The molecule has 0 unspecified atom stereocenters. The van der Waals surface area contributed by atoms with Crippen molar-refractivity contribution in [2.45, 2.75) is 31.2 Å². The van der Waals surface area contributed by atoms with E-state index in [-0.39, 0.29) is 0 Å². The molecule has 0 aromatic carbocycles. The van der Waals surface area contributed by atoms with Crippen molar-refractivity contribution in [3.8, 4) is 0 Å².